The van der Waals surface area contributed by atoms with Gasteiger partial charge in [0.15, 0.2) is 5.82 Å². The first-order valence-electron chi connectivity index (χ1n) is 10.4. The molecule has 8 nitrogen and oxygen atoms in total. The first-order valence-corrected chi connectivity index (χ1v) is 10.4. The Morgan fingerprint density at radius 3 is 2.68 bits per heavy atom. The summed E-state index contributed by atoms with van der Waals surface area (Å²) < 4.78 is 26.0. The average molecular weight is 427 g/mol. The predicted molar refractivity (Wildman–Crippen MR) is 112 cm³/mol. The second kappa shape index (κ2) is 7.75. The van der Waals surface area contributed by atoms with E-state index in [0.717, 1.165) is 29.4 Å². The minimum atomic E-state index is -2.95. The first kappa shape index (κ1) is 19.7. The summed E-state index contributed by atoms with van der Waals surface area (Å²) in [7, 11) is 0. The van der Waals surface area contributed by atoms with Gasteiger partial charge in [0.05, 0.1) is 5.52 Å². The molecule has 10 heteroatoms. The molecule has 2 aliphatic rings. The molecule has 3 aromatic heterocycles. The molecule has 3 N–H and O–H groups in total. The van der Waals surface area contributed by atoms with Crippen molar-refractivity contribution in [1.29, 1.82) is 0 Å². The summed E-state index contributed by atoms with van der Waals surface area (Å²) in [6, 6.07) is 7.27. The number of piperidine rings is 1. The number of alkyl halides is 2. The van der Waals surface area contributed by atoms with Gasteiger partial charge < -0.3 is 15.5 Å². The molecule has 2 fully saturated rings. The molecule has 0 aliphatic carbocycles. The van der Waals surface area contributed by atoms with Gasteiger partial charge in [-0.2, -0.15) is 13.9 Å². The van der Waals surface area contributed by atoms with Gasteiger partial charge in [-0.05, 0) is 44.7 Å². The number of aromatic nitrogens is 4. The number of nitrogens with one attached hydrogen (secondary N) is 3. The molecule has 3 atom stereocenters. The topological polar surface area (TPSA) is 98.8 Å². The van der Waals surface area contributed by atoms with Crippen LogP contribution in [-0.4, -0.2) is 55.5 Å². The van der Waals surface area contributed by atoms with Crippen LogP contribution in [0.2, 0.25) is 0 Å². The molecule has 162 valence electrons. The molecule has 31 heavy (non-hydrogen) atoms. The summed E-state index contributed by atoms with van der Waals surface area (Å²) in [6.45, 7) is 1.92. The molecule has 0 aromatic carbocycles. The van der Waals surface area contributed by atoms with Crippen LogP contribution in [0.3, 0.4) is 0 Å². The number of hydrogen-bond donors (Lipinski definition) is 3. The van der Waals surface area contributed by atoms with Crippen molar-refractivity contribution < 1.29 is 13.6 Å². The molecular weight excluding hydrogens is 404 g/mol. The van der Waals surface area contributed by atoms with Crippen LogP contribution >= 0.6 is 0 Å². The molecule has 1 amide bonds. The lowest BCUT2D eigenvalue weighted by atomic mass is 9.97. The number of nitrogens with zero attached hydrogens (tertiary/aromatic N) is 4. The standard InChI is InChI=1S/C21H23F2N7O/c1-11-7-18(29-28-11)26-17-10-16-15(3-2-6-24-16)20(27-17)25-12-8-13-4-5-14(9-12)30(13)21(31)19(22)23/h2-3,6-7,10,12-14,19H,4-5,8-9H2,1H3,(H3,25,26,27,28,29)/t12-,13+,14-. The van der Waals surface area contributed by atoms with E-state index in [0.29, 0.717) is 30.3 Å². The molecule has 5 heterocycles. The highest BCUT2D eigenvalue weighted by Gasteiger charge is 2.45. The lowest BCUT2D eigenvalue weighted by molar-refractivity contribution is -0.147. The summed E-state index contributed by atoms with van der Waals surface area (Å²) in [6.07, 6.45) is 1.54. The Balaban J connectivity index is 1.39. The SMILES string of the molecule is Cc1cc(Nc2cc3ncccc3c(N[C@H]3C[C@H]4CC[C@@H](C3)N4C(=O)C(F)F)n2)n[nH]1. The van der Waals surface area contributed by atoms with E-state index in [4.69, 9.17) is 4.98 Å². The fourth-order valence-electron chi connectivity index (χ4n) is 4.82. The molecule has 0 saturated carbocycles. The predicted octanol–water partition coefficient (Wildman–Crippen LogP) is 3.60. The maximum Gasteiger partial charge on any atom is 0.315 e. The van der Waals surface area contributed by atoms with Crippen LogP contribution in [-0.2, 0) is 4.79 Å². The largest absolute Gasteiger partial charge is 0.367 e. The molecule has 0 spiro atoms. The number of aromatic amines is 1. The number of hydrogen-bond acceptors (Lipinski definition) is 6. The maximum absolute atomic E-state index is 13.0. The van der Waals surface area contributed by atoms with E-state index in [1.165, 1.54) is 4.90 Å². The van der Waals surface area contributed by atoms with Crippen molar-refractivity contribution in [3.63, 3.8) is 0 Å². The van der Waals surface area contributed by atoms with Crippen molar-refractivity contribution in [1.82, 2.24) is 25.1 Å². The molecule has 0 radical (unpaired) electrons. The number of amides is 1. The van der Waals surface area contributed by atoms with Gasteiger partial charge in [0.1, 0.15) is 11.6 Å². The van der Waals surface area contributed by atoms with E-state index in [1.807, 2.05) is 31.2 Å². The van der Waals surface area contributed by atoms with Gasteiger partial charge in [0.2, 0.25) is 0 Å². The normalized spacial score (nSPS) is 22.8. The Hall–Kier alpha value is -3.30. The van der Waals surface area contributed by atoms with E-state index >= 15 is 0 Å². The monoisotopic (exact) mass is 427 g/mol. The minimum absolute atomic E-state index is 0.0398. The summed E-state index contributed by atoms with van der Waals surface area (Å²) in [5.41, 5.74) is 1.71. The third-order valence-electron chi connectivity index (χ3n) is 6.08. The molecule has 2 bridgehead atoms. The third-order valence-corrected chi connectivity index (χ3v) is 6.08. The Morgan fingerprint density at radius 1 is 1.23 bits per heavy atom. The van der Waals surface area contributed by atoms with Gasteiger partial charge in [0.25, 0.3) is 5.91 Å². The van der Waals surface area contributed by atoms with Crippen molar-refractivity contribution in [2.75, 3.05) is 10.6 Å². The molecular formula is C21H23F2N7O. The number of carbonyl (C=O) groups is 1. The Bertz CT molecular complexity index is 1100. The zero-order valence-electron chi connectivity index (χ0n) is 17.0. The van der Waals surface area contributed by atoms with Crippen LogP contribution in [0.15, 0.2) is 30.5 Å². The number of aryl methyl sites for hydroxylation is 1. The number of rotatable bonds is 5. The van der Waals surface area contributed by atoms with Crippen molar-refractivity contribution >= 4 is 34.3 Å². The quantitative estimate of drug-likeness (QED) is 0.576. The van der Waals surface area contributed by atoms with Crippen molar-refractivity contribution in [2.24, 2.45) is 0 Å². The average Bonchev–Trinajstić information content (AvgIpc) is 3.27. The highest BCUT2D eigenvalue weighted by molar-refractivity contribution is 5.91. The number of anilines is 3. The number of carbonyl (C=O) groups excluding carboxylic acids is 1. The van der Waals surface area contributed by atoms with Gasteiger partial charge in [-0.25, -0.2) is 4.98 Å². The third kappa shape index (κ3) is 3.77. The second-order valence-corrected chi connectivity index (χ2v) is 8.23. The fourth-order valence-corrected chi connectivity index (χ4v) is 4.82. The smallest absolute Gasteiger partial charge is 0.315 e. The van der Waals surface area contributed by atoms with Crippen LogP contribution in [0, 0.1) is 6.92 Å². The molecule has 0 unspecified atom stereocenters. The lowest BCUT2D eigenvalue weighted by Crippen LogP contribution is -2.51. The van der Waals surface area contributed by atoms with Crippen LogP contribution < -0.4 is 10.6 Å². The number of fused-ring (bicyclic) bond motifs is 3. The number of halogens is 2. The van der Waals surface area contributed by atoms with Gasteiger partial charge in [-0.1, -0.05) is 0 Å². The molecule has 2 saturated heterocycles. The highest BCUT2D eigenvalue weighted by atomic mass is 19.3. The van der Waals surface area contributed by atoms with E-state index in [-0.39, 0.29) is 18.1 Å². The fraction of sp³-hybridized carbons (Fsp3) is 0.429. The van der Waals surface area contributed by atoms with Crippen LogP contribution in [0.25, 0.3) is 10.9 Å². The van der Waals surface area contributed by atoms with Gasteiger partial charge >= 0.3 is 6.43 Å². The second-order valence-electron chi connectivity index (χ2n) is 8.23. The van der Waals surface area contributed by atoms with Crippen LogP contribution in [0.5, 0.6) is 0 Å². The number of H-pyrrole nitrogens is 1. The van der Waals surface area contributed by atoms with Crippen LogP contribution in [0.1, 0.15) is 31.4 Å². The highest BCUT2D eigenvalue weighted by Crippen LogP contribution is 2.38. The number of pyridine rings is 2. The summed E-state index contributed by atoms with van der Waals surface area (Å²) in [5.74, 6) is 0.897. The minimum Gasteiger partial charge on any atom is -0.367 e. The zero-order chi connectivity index (χ0) is 21.5. The van der Waals surface area contributed by atoms with E-state index < -0.39 is 12.3 Å². The van der Waals surface area contributed by atoms with E-state index in [9.17, 15) is 13.6 Å². The Labute approximate surface area is 177 Å². The van der Waals surface area contributed by atoms with Crippen molar-refractivity contribution in [2.45, 2.75) is 57.2 Å². The van der Waals surface area contributed by atoms with Crippen LogP contribution in [0.4, 0.5) is 26.2 Å². The molecule has 5 rings (SSSR count). The summed E-state index contributed by atoms with van der Waals surface area (Å²) in [4.78, 5) is 22.5. The summed E-state index contributed by atoms with van der Waals surface area (Å²) >= 11 is 0. The Kier molecular flexibility index (Phi) is 4.91. The Morgan fingerprint density at radius 2 is 2.00 bits per heavy atom. The van der Waals surface area contributed by atoms with E-state index in [2.05, 4.69) is 25.8 Å². The molecule has 3 aromatic rings. The van der Waals surface area contributed by atoms with Gasteiger partial charge in [0, 0.05) is 47.5 Å². The molecule has 2 aliphatic heterocycles. The van der Waals surface area contributed by atoms with Crippen molar-refractivity contribution in [3.05, 3.63) is 36.2 Å². The van der Waals surface area contributed by atoms with Gasteiger partial charge in [-0.3, -0.25) is 14.9 Å². The van der Waals surface area contributed by atoms with Gasteiger partial charge in [-0.15, -0.1) is 0 Å². The van der Waals surface area contributed by atoms with E-state index in [1.54, 1.807) is 6.20 Å². The zero-order valence-corrected chi connectivity index (χ0v) is 17.0. The first-order chi connectivity index (χ1) is 15.0. The summed E-state index contributed by atoms with van der Waals surface area (Å²) in [5, 5.41) is 14.6. The maximum atomic E-state index is 13.0. The van der Waals surface area contributed by atoms with Crippen molar-refractivity contribution in [3.8, 4) is 0 Å². The lowest BCUT2D eigenvalue weighted by Gasteiger charge is -2.39.